The van der Waals surface area contributed by atoms with Gasteiger partial charge in [-0.25, -0.2) is 4.79 Å². The van der Waals surface area contributed by atoms with Crippen LogP contribution in [0.25, 0.3) is 0 Å². The Morgan fingerprint density at radius 2 is 2.18 bits per heavy atom. The molecule has 4 nitrogen and oxygen atoms in total. The van der Waals surface area contributed by atoms with E-state index in [9.17, 15) is 15.0 Å². The van der Waals surface area contributed by atoms with Gasteiger partial charge in [0.05, 0.1) is 19.3 Å². The lowest BCUT2D eigenvalue weighted by molar-refractivity contribution is -0.134. The fourth-order valence-electron chi connectivity index (χ4n) is 2.86. The summed E-state index contributed by atoms with van der Waals surface area (Å²) in [6.45, 7) is 1.98. The summed E-state index contributed by atoms with van der Waals surface area (Å²) in [7, 11) is 1.30. The van der Waals surface area contributed by atoms with Gasteiger partial charge in [0, 0.05) is 11.5 Å². The first-order chi connectivity index (χ1) is 10.4. The highest BCUT2D eigenvalue weighted by Crippen LogP contribution is 2.36. The van der Waals surface area contributed by atoms with Crippen molar-refractivity contribution in [3.63, 3.8) is 0 Å². The van der Waals surface area contributed by atoms with Crippen LogP contribution in [0.2, 0.25) is 0 Å². The van der Waals surface area contributed by atoms with E-state index in [1.807, 2.05) is 6.92 Å². The van der Waals surface area contributed by atoms with Gasteiger partial charge in [0.25, 0.3) is 0 Å². The molecular formula is C17H27ClO4. The Balaban J connectivity index is 2.51. The number of carbonyl (C=O) groups is 1. The van der Waals surface area contributed by atoms with Gasteiger partial charge in [-0.3, -0.25) is 0 Å². The first-order valence-electron chi connectivity index (χ1n) is 7.87. The molecular weight excluding hydrogens is 304 g/mol. The van der Waals surface area contributed by atoms with Crippen molar-refractivity contribution in [2.75, 3.05) is 7.11 Å². The third-order valence-corrected chi connectivity index (χ3v) is 4.28. The van der Waals surface area contributed by atoms with E-state index in [-0.39, 0.29) is 17.2 Å². The highest BCUT2D eigenvalue weighted by Gasteiger charge is 2.35. The van der Waals surface area contributed by atoms with Gasteiger partial charge in [0.15, 0.2) is 0 Å². The second kappa shape index (κ2) is 10.0. The molecule has 0 unspecified atom stereocenters. The van der Waals surface area contributed by atoms with Crippen LogP contribution < -0.4 is 0 Å². The number of halogens is 1. The maximum absolute atomic E-state index is 11.1. The highest BCUT2D eigenvalue weighted by atomic mass is 35.5. The topological polar surface area (TPSA) is 66.8 Å². The minimum atomic E-state index is -0.756. The van der Waals surface area contributed by atoms with Crippen molar-refractivity contribution in [3.8, 4) is 0 Å². The van der Waals surface area contributed by atoms with E-state index in [0.29, 0.717) is 12.8 Å². The molecule has 0 amide bonds. The lowest BCUT2D eigenvalue weighted by atomic mass is 9.90. The molecule has 1 aliphatic rings. The van der Waals surface area contributed by atoms with Crippen LogP contribution in [0, 0.1) is 11.8 Å². The largest absolute Gasteiger partial charge is 0.466 e. The monoisotopic (exact) mass is 330 g/mol. The van der Waals surface area contributed by atoms with E-state index in [0.717, 1.165) is 19.3 Å². The third-order valence-electron chi connectivity index (χ3n) is 4.06. The number of alkyl halides is 1. The second-order valence-electron chi connectivity index (χ2n) is 5.97. The molecule has 0 aliphatic heterocycles. The molecule has 0 saturated heterocycles. The molecule has 5 heteroatoms. The minimum Gasteiger partial charge on any atom is -0.466 e. The summed E-state index contributed by atoms with van der Waals surface area (Å²) in [6.07, 6.45) is 9.86. The number of aliphatic hydroxyl groups excluding tert-OH is 2. The second-order valence-corrected chi connectivity index (χ2v) is 6.71. The molecule has 0 radical (unpaired) electrons. The van der Waals surface area contributed by atoms with Crippen molar-refractivity contribution in [1.29, 1.82) is 0 Å². The minimum absolute atomic E-state index is 0.0703. The summed E-state index contributed by atoms with van der Waals surface area (Å²) in [4.78, 5) is 11.1. The Bertz CT molecular complexity index is 392. The number of hydrogen-bond donors (Lipinski definition) is 2. The molecule has 2 N–H and O–H groups in total. The number of hydrogen-bond acceptors (Lipinski definition) is 4. The molecule has 0 aromatic heterocycles. The van der Waals surface area contributed by atoms with Crippen LogP contribution in [0.1, 0.15) is 39.0 Å². The number of carbonyl (C=O) groups excluding carboxylic acids is 1. The Morgan fingerprint density at radius 3 is 2.82 bits per heavy atom. The van der Waals surface area contributed by atoms with E-state index in [2.05, 4.69) is 16.9 Å². The van der Waals surface area contributed by atoms with Crippen molar-refractivity contribution < 1.29 is 19.7 Å². The molecule has 0 spiro atoms. The number of esters is 1. The van der Waals surface area contributed by atoms with E-state index in [4.69, 9.17) is 11.6 Å². The lowest BCUT2D eigenvalue weighted by Gasteiger charge is -2.19. The molecule has 1 rings (SSSR count). The Kier molecular flexibility index (Phi) is 8.76. The molecule has 5 atom stereocenters. The van der Waals surface area contributed by atoms with Crippen molar-refractivity contribution in [3.05, 3.63) is 24.3 Å². The van der Waals surface area contributed by atoms with E-state index in [1.165, 1.54) is 19.3 Å². The molecule has 1 saturated carbocycles. The Labute approximate surface area is 137 Å². The van der Waals surface area contributed by atoms with Gasteiger partial charge in [0.1, 0.15) is 0 Å². The molecule has 126 valence electrons. The SMILES string of the molecule is COC(=O)/C=C/[C@@H](O)[C@@H]1C[C@@H](O)C[C@H]1/C=C/CCC[C@@H](C)Cl. The van der Waals surface area contributed by atoms with Crippen LogP contribution >= 0.6 is 11.6 Å². The zero-order valence-corrected chi connectivity index (χ0v) is 14.1. The fourth-order valence-corrected chi connectivity index (χ4v) is 3.02. The molecule has 0 aromatic rings. The average Bonchev–Trinajstić information content (AvgIpc) is 2.84. The maximum atomic E-state index is 11.1. The molecule has 1 fully saturated rings. The predicted molar refractivity (Wildman–Crippen MR) is 87.7 cm³/mol. The average molecular weight is 331 g/mol. The standard InChI is InChI=1S/C17H27ClO4/c1-12(18)6-4-3-5-7-13-10-14(19)11-15(13)16(20)8-9-17(21)22-2/h5,7-9,12-16,19-20H,3-4,6,10-11H2,1-2H3/b7-5+,9-8+/t12-,13-,14+,15-,16-/m1/s1. The highest BCUT2D eigenvalue weighted by molar-refractivity contribution is 6.20. The summed E-state index contributed by atoms with van der Waals surface area (Å²) in [5.74, 6) is -0.431. The Hall–Kier alpha value is -0.840. The van der Waals surface area contributed by atoms with Crippen LogP contribution in [-0.4, -0.2) is 40.9 Å². The molecule has 0 heterocycles. The van der Waals surface area contributed by atoms with Crippen LogP contribution in [-0.2, 0) is 9.53 Å². The van der Waals surface area contributed by atoms with Crippen molar-refractivity contribution in [2.24, 2.45) is 11.8 Å². The van der Waals surface area contributed by atoms with Crippen LogP contribution in [0.3, 0.4) is 0 Å². The van der Waals surface area contributed by atoms with Gasteiger partial charge >= 0.3 is 5.97 Å². The van der Waals surface area contributed by atoms with E-state index < -0.39 is 18.2 Å². The number of methoxy groups -OCH3 is 1. The summed E-state index contributed by atoms with van der Waals surface area (Å²) >= 11 is 5.90. The van der Waals surface area contributed by atoms with Crippen molar-refractivity contribution in [1.82, 2.24) is 0 Å². The summed E-state index contributed by atoms with van der Waals surface area (Å²) in [5.41, 5.74) is 0. The van der Waals surface area contributed by atoms with Crippen LogP contribution in [0.5, 0.6) is 0 Å². The number of ether oxygens (including phenoxy) is 1. The molecule has 1 aliphatic carbocycles. The fraction of sp³-hybridized carbons (Fsp3) is 0.706. The van der Waals surface area contributed by atoms with Crippen LogP contribution in [0.15, 0.2) is 24.3 Å². The molecule has 0 aromatic carbocycles. The van der Waals surface area contributed by atoms with E-state index >= 15 is 0 Å². The van der Waals surface area contributed by atoms with Crippen molar-refractivity contribution in [2.45, 2.75) is 56.6 Å². The van der Waals surface area contributed by atoms with Gasteiger partial charge in [-0.05, 0) is 56.9 Å². The van der Waals surface area contributed by atoms with Gasteiger partial charge in [-0.1, -0.05) is 12.2 Å². The quantitative estimate of drug-likeness (QED) is 0.236. The van der Waals surface area contributed by atoms with Gasteiger partial charge in [-0.2, -0.15) is 0 Å². The summed E-state index contributed by atoms with van der Waals surface area (Å²) in [6, 6.07) is 0. The number of aliphatic hydroxyl groups is 2. The van der Waals surface area contributed by atoms with Crippen molar-refractivity contribution >= 4 is 17.6 Å². The maximum Gasteiger partial charge on any atom is 0.330 e. The number of unbranched alkanes of at least 4 members (excludes halogenated alkanes) is 1. The first-order valence-corrected chi connectivity index (χ1v) is 8.30. The zero-order valence-electron chi connectivity index (χ0n) is 13.3. The van der Waals surface area contributed by atoms with Crippen LogP contribution in [0.4, 0.5) is 0 Å². The molecule has 0 bridgehead atoms. The third kappa shape index (κ3) is 6.95. The number of allylic oxidation sites excluding steroid dienone is 2. The lowest BCUT2D eigenvalue weighted by Crippen LogP contribution is -2.21. The normalized spacial score (nSPS) is 28.3. The summed E-state index contributed by atoms with van der Waals surface area (Å²) < 4.78 is 4.51. The predicted octanol–water partition coefficient (Wildman–Crippen LogP) is 2.82. The van der Waals surface area contributed by atoms with Gasteiger partial charge < -0.3 is 14.9 Å². The number of rotatable bonds is 8. The van der Waals surface area contributed by atoms with Gasteiger partial charge in [0.2, 0.25) is 0 Å². The smallest absolute Gasteiger partial charge is 0.330 e. The van der Waals surface area contributed by atoms with Gasteiger partial charge in [-0.15, -0.1) is 11.6 Å². The van der Waals surface area contributed by atoms with E-state index in [1.54, 1.807) is 0 Å². The molecule has 22 heavy (non-hydrogen) atoms. The Morgan fingerprint density at radius 1 is 1.45 bits per heavy atom. The summed E-state index contributed by atoms with van der Waals surface area (Å²) in [5, 5.41) is 20.2. The first kappa shape index (κ1) is 19.2. The zero-order chi connectivity index (χ0) is 16.5.